The number of nitrogens with one attached hydrogen (secondary N) is 1. The van der Waals surface area contributed by atoms with E-state index in [0.717, 1.165) is 55.2 Å². The molecule has 2 heterocycles. The highest BCUT2D eigenvalue weighted by Crippen LogP contribution is 2.37. The molecule has 184 valence electrons. The van der Waals surface area contributed by atoms with Gasteiger partial charge in [-0.15, -0.1) is 0 Å². The van der Waals surface area contributed by atoms with Crippen molar-refractivity contribution in [3.63, 3.8) is 0 Å². The zero-order chi connectivity index (χ0) is 24.1. The van der Waals surface area contributed by atoms with Crippen LogP contribution in [-0.2, 0) is 14.9 Å². The third-order valence-corrected chi connectivity index (χ3v) is 6.71. The van der Waals surface area contributed by atoms with Crippen LogP contribution >= 0.6 is 0 Å². The first kappa shape index (κ1) is 24.3. The van der Waals surface area contributed by atoms with E-state index in [0.29, 0.717) is 24.6 Å². The number of ether oxygens (including phenoxy) is 2. The summed E-state index contributed by atoms with van der Waals surface area (Å²) in [6.07, 6.45) is 7.93. The first-order valence-electron chi connectivity index (χ1n) is 12.3. The average molecular weight is 469 g/mol. The molecule has 2 aliphatic rings. The zero-order valence-corrected chi connectivity index (χ0v) is 20.4. The minimum atomic E-state index is -0.809. The maximum absolute atomic E-state index is 11.5. The number of hydrogen-bond acceptors (Lipinski definition) is 7. The van der Waals surface area contributed by atoms with E-state index in [-0.39, 0.29) is 6.42 Å². The van der Waals surface area contributed by atoms with Crippen molar-refractivity contribution in [2.45, 2.75) is 64.3 Å². The Labute approximate surface area is 201 Å². The third kappa shape index (κ3) is 6.17. The molecule has 34 heavy (non-hydrogen) atoms. The number of anilines is 3. The predicted octanol–water partition coefficient (Wildman–Crippen LogP) is 4.77. The molecular formula is C26H36N4O4. The molecule has 0 bridgehead atoms. The SMILES string of the molecule is CCN(c1ccc(C(C)(C)CC(=O)O)cc1Nc1cnc(OCC2CC2)nc1)C1CCOCC1. The Hall–Kier alpha value is -2.87. The lowest BCUT2D eigenvalue weighted by Gasteiger charge is -2.37. The lowest BCUT2D eigenvalue weighted by Crippen LogP contribution is -2.39. The first-order chi connectivity index (χ1) is 16.4. The zero-order valence-electron chi connectivity index (χ0n) is 20.4. The van der Waals surface area contributed by atoms with Gasteiger partial charge in [-0.1, -0.05) is 19.9 Å². The standard InChI is InChI=1S/C26H36N4O4/c1-4-30(21-9-11-33-12-10-21)23-8-7-19(26(2,3)14-24(31)32)13-22(23)29-20-15-27-25(28-16-20)34-17-18-5-6-18/h7-8,13,15-16,18,21,29H,4-6,9-12,14,17H2,1-3H3,(H,31,32). The summed E-state index contributed by atoms with van der Waals surface area (Å²) in [5.41, 5.74) is 3.22. The highest BCUT2D eigenvalue weighted by molar-refractivity contribution is 5.77. The maximum atomic E-state index is 11.5. The van der Waals surface area contributed by atoms with Crippen LogP contribution in [0.2, 0.25) is 0 Å². The van der Waals surface area contributed by atoms with Gasteiger partial charge >= 0.3 is 12.0 Å². The van der Waals surface area contributed by atoms with Crippen LogP contribution in [0.5, 0.6) is 6.01 Å². The fraction of sp³-hybridized carbons (Fsp3) is 0.577. The number of carboxylic acid groups (broad SMARTS) is 1. The number of aromatic nitrogens is 2. The molecule has 1 aromatic carbocycles. The van der Waals surface area contributed by atoms with E-state index in [1.54, 1.807) is 12.4 Å². The molecule has 0 amide bonds. The van der Waals surface area contributed by atoms with Gasteiger partial charge in [0.15, 0.2) is 0 Å². The summed E-state index contributed by atoms with van der Waals surface area (Å²) in [6, 6.07) is 7.01. The van der Waals surface area contributed by atoms with Gasteiger partial charge in [-0.25, -0.2) is 9.97 Å². The lowest BCUT2D eigenvalue weighted by molar-refractivity contribution is -0.138. The van der Waals surface area contributed by atoms with Gasteiger partial charge in [-0.05, 0) is 56.2 Å². The fourth-order valence-electron chi connectivity index (χ4n) is 4.50. The van der Waals surface area contributed by atoms with Crippen molar-refractivity contribution in [3.8, 4) is 6.01 Å². The van der Waals surface area contributed by atoms with Crippen molar-refractivity contribution in [2.24, 2.45) is 5.92 Å². The second-order valence-corrected chi connectivity index (χ2v) is 9.95. The number of benzene rings is 1. The molecule has 0 radical (unpaired) electrons. The summed E-state index contributed by atoms with van der Waals surface area (Å²) in [5.74, 6) is -0.165. The maximum Gasteiger partial charge on any atom is 0.316 e. The van der Waals surface area contributed by atoms with E-state index in [4.69, 9.17) is 9.47 Å². The smallest absolute Gasteiger partial charge is 0.316 e. The Balaban J connectivity index is 1.61. The van der Waals surface area contributed by atoms with E-state index in [9.17, 15) is 9.90 Å². The number of hydrogen-bond donors (Lipinski definition) is 2. The van der Waals surface area contributed by atoms with Crippen LogP contribution in [0.1, 0.15) is 58.4 Å². The molecule has 0 atom stereocenters. The molecule has 0 unspecified atom stereocenters. The molecule has 0 spiro atoms. The number of aliphatic carboxylic acids is 1. The molecule has 8 nitrogen and oxygen atoms in total. The molecular weight excluding hydrogens is 432 g/mol. The van der Waals surface area contributed by atoms with Gasteiger partial charge in [-0.2, -0.15) is 0 Å². The van der Waals surface area contributed by atoms with Crippen LogP contribution in [0, 0.1) is 5.92 Å². The molecule has 1 aliphatic heterocycles. The van der Waals surface area contributed by atoms with Crippen LogP contribution in [-0.4, -0.2) is 53.5 Å². The Kier molecular flexibility index (Phi) is 7.56. The largest absolute Gasteiger partial charge is 0.481 e. The monoisotopic (exact) mass is 468 g/mol. The highest BCUT2D eigenvalue weighted by Gasteiger charge is 2.28. The van der Waals surface area contributed by atoms with Crippen LogP contribution in [0.4, 0.5) is 17.1 Å². The van der Waals surface area contributed by atoms with Gasteiger partial charge in [0, 0.05) is 31.2 Å². The molecule has 1 saturated heterocycles. The summed E-state index contributed by atoms with van der Waals surface area (Å²) in [6.45, 7) is 9.16. The summed E-state index contributed by atoms with van der Waals surface area (Å²) >= 11 is 0. The lowest BCUT2D eigenvalue weighted by atomic mass is 9.81. The van der Waals surface area contributed by atoms with Crippen LogP contribution in [0.3, 0.4) is 0 Å². The van der Waals surface area contributed by atoms with Crippen molar-refractivity contribution < 1.29 is 19.4 Å². The molecule has 8 heteroatoms. The van der Waals surface area contributed by atoms with Gasteiger partial charge in [0.1, 0.15) is 0 Å². The molecule has 1 saturated carbocycles. The summed E-state index contributed by atoms with van der Waals surface area (Å²) in [7, 11) is 0. The Morgan fingerprint density at radius 3 is 2.53 bits per heavy atom. The summed E-state index contributed by atoms with van der Waals surface area (Å²) < 4.78 is 11.2. The summed E-state index contributed by atoms with van der Waals surface area (Å²) in [4.78, 5) is 22.6. The van der Waals surface area contributed by atoms with E-state index < -0.39 is 11.4 Å². The van der Waals surface area contributed by atoms with Gasteiger partial charge in [0.2, 0.25) is 0 Å². The average Bonchev–Trinajstić information content (AvgIpc) is 3.64. The van der Waals surface area contributed by atoms with E-state index in [1.165, 1.54) is 12.8 Å². The first-order valence-corrected chi connectivity index (χ1v) is 12.3. The van der Waals surface area contributed by atoms with Gasteiger partial charge in [0.25, 0.3) is 0 Å². The summed E-state index contributed by atoms with van der Waals surface area (Å²) in [5, 5.41) is 12.9. The van der Waals surface area contributed by atoms with Gasteiger partial charge in [-0.3, -0.25) is 4.79 Å². The van der Waals surface area contributed by atoms with Crippen molar-refractivity contribution in [1.29, 1.82) is 0 Å². The van der Waals surface area contributed by atoms with Crippen molar-refractivity contribution >= 4 is 23.0 Å². The molecule has 1 aromatic heterocycles. The minimum Gasteiger partial charge on any atom is -0.481 e. The van der Waals surface area contributed by atoms with Crippen molar-refractivity contribution in [3.05, 3.63) is 36.2 Å². The Morgan fingerprint density at radius 1 is 1.21 bits per heavy atom. The minimum absolute atomic E-state index is 0.0549. The topological polar surface area (TPSA) is 96.8 Å². The molecule has 4 rings (SSSR count). The second kappa shape index (κ2) is 10.6. The quantitative estimate of drug-likeness (QED) is 0.487. The van der Waals surface area contributed by atoms with Crippen LogP contribution < -0.4 is 15.0 Å². The highest BCUT2D eigenvalue weighted by atomic mass is 16.5. The molecule has 2 aromatic rings. The fourth-order valence-corrected chi connectivity index (χ4v) is 4.50. The Bertz CT molecular complexity index is 969. The third-order valence-electron chi connectivity index (χ3n) is 6.71. The number of carboxylic acids is 1. The van der Waals surface area contributed by atoms with Gasteiger partial charge in [0.05, 0.1) is 42.5 Å². The van der Waals surface area contributed by atoms with Crippen molar-refractivity contribution in [1.82, 2.24) is 9.97 Å². The van der Waals surface area contributed by atoms with E-state index >= 15 is 0 Å². The second-order valence-electron chi connectivity index (χ2n) is 9.95. The van der Waals surface area contributed by atoms with E-state index in [1.807, 2.05) is 13.8 Å². The van der Waals surface area contributed by atoms with Crippen molar-refractivity contribution in [2.75, 3.05) is 36.6 Å². The number of carbonyl (C=O) groups is 1. The molecule has 1 aliphatic carbocycles. The van der Waals surface area contributed by atoms with Crippen LogP contribution in [0.25, 0.3) is 0 Å². The van der Waals surface area contributed by atoms with Crippen LogP contribution in [0.15, 0.2) is 30.6 Å². The van der Waals surface area contributed by atoms with E-state index in [2.05, 4.69) is 45.3 Å². The predicted molar refractivity (Wildman–Crippen MR) is 132 cm³/mol. The number of rotatable bonds is 11. The number of nitrogens with zero attached hydrogens (tertiary/aromatic N) is 3. The Morgan fingerprint density at radius 2 is 1.91 bits per heavy atom. The van der Waals surface area contributed by atoms with Gasteiger partial charge < -0.3 is 24.8 Å². The molecule has 2 N–H and O–H groups in total. The molecule has 2 fully saturated rings. The normalized spacial score (nSPS) is 16.8.